The highest BCUT2D eigenvalue weighted by atomic mass is 79.9. The van der Waals surface area contributed by atoms with Crippen molar-refractivity contribution in [3.05, 3.63) is 14.6 Å². The SMILES string of the molecule is N#Cc1c(Br)nc(N)c(Br)c1N. The fourth-order valence-corrected chi connectivity index (χ4v) is 1.46. The molecule has 0 saturated carbocycles. The number of aromatic nitrogens is 1. The standard InChI is InChI=1S/C6H4Br2N4/c7-3-4(10)2(1-9)5(8)12-6(3)11/h(H4,10,11,12). The molecule has 0 bridgehead atoms. The Labute approximate surface area is 85.8 Å². The molecule has 0 aliphatic carbocycles. The molecule has 0 aliphatic heterocycles. The van der Waals surface area contributed by atoms with Crippen LogP contribution in [-0.4, -0.2) is 4.98 Å². The summed E-state index contributed by atoms with van der Waals surface area (Å²) in [6.07, 6.45) is 0. The van der Waals surface area contributed by atoms with Gasteiger partial charge in [0.2, 0.25) is 0 Å². The van der Waals surface area contributed by atoms with E-state index in [1.165, 1.54) is 0 Å². The fourth-order valence-electron chi connectivity index (χ4n) is 0.676. The van der Waals surface area contributed by atoms with Crippen LogP contribution in [0.25, 0.3) is 0 Å². The van der Waals surface area contributed by atoms with Gasteiger partial charge in [-0.1, -0.05) is 0 Å². The molecule has 0 spiro atoms. The molecule has 1 rings (SSSR count). The van der Waals surface area contributed by atoms with Crippen molar-refractivity contribution in [1.29, 1.82) is 5.26 Å². The van der Waals surface area contributed by atoms with Gasteiger partial charge in [-0.2, -0.15) is 5.26 Å². The van der Waals surface area contributed by atoms with Gasteiger partial charge in [-0.05, 0) is 31.9 Å². The Bertz CT molecular complexity index is 369. The molecule has 1 heterocycles. The van der Waals surface area contributed by atoms with E-state index in [-0.39, 0.29) is 11.4 Å². The van der Waals surface area contributed by atoms with Crippen LogP contribution in [-0.2, 0) is 0 Å². The topological polar surface area (TPSA) is 88.7 Å². The minimum absolute atomic E-state index is 0.262. The maximum absolute atomic E-state index is 8.65. The van der Waals surface area contributed by atoms with Gasteiger partial charge in [-0.25, -0.2) is 4.98 Å². The molecular weight excluding hydrogens is 288 g/mol. The van der Waals surface area contributed by atoms with E-state index in [4.69, 9.17) is 16.7 Å². The largest absolute Gasteiger partial charge is 0.397 e. The van der Waals surface area contributed by atoms with Crippen LogP contribution in [0.1, 0.15) is 5.56 Å². The molecule has 1 aromatic rings. The van der Waals surface area contributed by atoms with Gasteiger partial charge in [0, 0.05) is 0 Å². The highest BCUT2D eigenvalue weighted by Crippen LogP contribution is 2.31. The van der Waals surface area contributed by atoms with E-state index < -0.39 is 0 Å². The second-order valence-electron chi connectivity index (χ2n) is 2.00. The van der Waals surface area contributed by atoms with Crippen LogP contribution in [0, 0.1) is 11.3 Å². The summed E-state index contributed by atoms with van der Waals surface area (Å²) in [5, 5.41) is 8.65. The van der Waals surface area contributed by atoms with E-state index in [0.29, 0.717) is 14.8 Å². The summed E-state index contributed by atoms with van der Waals surface area (Å²) in [5.74, 6) is 0.262. The molecule has 0 radical (unpaired) electrons. The quantitative estimate of drug-likeness (QED) is 0.711. The highest BCUT2D eigenvalue weighted by molar-refractivity contribution is 9.11. The Morgan fingerprint density at radius 3 is 2.42 bits per heavy atom. The van der Waals surface area contributed by atoms with Crippen LogP contribution >= 0.6 is 31.9 Å². The number of pyridine rings is 1. The normalized spacial score (nSPS) is 9.42. The third kappa shape index (κ3) is 1.38. The molecule has 4 N–H and O–H groups in total. The molecule has 0 aliphatic rings. The van der Waals surface area contributed by atoms with Crippen LogP contribution in [0.4, 0.5) is 11.5 Å². The zero-order valence-corrected chi connectivity index (χ0v) is 8.98. The number of hydrogen-bond acceptors (Lipinski definition) is 4. The summed E-state index contributed by atoms with van der Waals surface area (Å²) < 4.78 is 0.824. The molecule has 0 saturated heterocycles. The molecular formula is C6H4Br2N4. The van der Waals surface area contributed by atoms with Crippen molar-refractivity contribution in [2.45, 2.75) is 0 Å². The summed E-state index contributed by atoms with van der Waals surface area (Å²) in [4.78, 5) is 3.85. The highest BCUT2D eigenvalue weighted by Gasteiger charge is 2.11. The maximum atomic E-state index is 8.65. The maximum Gasteiger partial charge on any atom is 0.141 e. The van der Waals surface area contributed by atoms with E-state index in [1.54, 1.807) is 0 Å². The Kier molecular flexibility index (Phi) is 2.55. The lowest BCUT2D eigenvalue weighted by molar-refractivity contribution is 1.25. The van der Waals surface area contributed by atoms with Crippen molar-refractivity contribution >= 4 is 43.4 Å². The third-order valence-electron chi connectivity index (χ3n) is 1.27. The first-order chi connectivity index (χ1) is 5.57. The number of nitrogens with two attached hydrogens (primary N) is 2. The van der Waals surface area contributed by atoms with Gasteiger partial charge in [0.15, 0.2) is 0 Å². The summed E-state index contributed by atoms with van der Waals surface area (Å²) in [6, 6.07) is 1.91. The number of rotatable bonds is 0. The van der Waals surface area contributed by atoms with Crippen LogP contribution in [0.5, 0.6) is 0 Å². The van der Waals surface area contributed by atoms with Crippen molar-refractivity contribution < 1.29 is 0 Å². The first-order valence-electron chi connectivity index (χ1n) is 2.88. The Balaban J connectivity index is 3.54. The second kappa shape index (κ2) is 3.29. The first kappa shape index (κ1) is 9.29. The van der Waals surface area contributed by atoms with Crippen LogP contribution in [0.3, 0.4) is 0 Å². The molecule has 12 heavy (non-hydrogen) atoms. The number of nitrogen functional groups attached to an aromatic ring is 2. The van der Waals surface area contributed by atoms with Crippen LogP contribution in [0.2, 0.25) is 0 Å². The number of anilines is 2. The molecule has 0 atom stereocenters. The van der Waals surface area contributed by atoms with E-state index in [2.05, 4.69) is 36.8 Å². The zero-order valence-electron chi connectivity index (χ0n) is 5.81. The predicted molar refractivity (Wildman–Crippen MR) is 53.2 cm³/mol. The molecule has 0 amide bonds. The summed E-state index contributed by atoms with van der Waals surface area (Å²) in [7, 11) is 0. The predicted octanol–water partition coefficient (Wildman–Crippen LogP) is 1.64. The van der Waals surface area contributed by atoms with Gasteiger partial charge in [0.25, 0.3) is 0 Å². The van der Waals surface area contributed by atoms with Crippen molar-refractivity contribution in [1.82, 2.24) is 4.98 Å². The molecule has 0 unspecified atom stereocenters. The van der Waals surface area contributed by atoms with Crippen molar-refractivity contribution in [3.8, 4) is 6.07 Å². The number of halogens is 2. The van der Waals surface area contributed by atoms with Gasteiger partial charge in [-0.15, -0.1) is 0 Å². The van der Waals surface area contributed by atoms with E-state index in [1.807, 2.05) is 6.07 Å². The molecule has 62 valence electrons. The van der Waals surface area contributed by atoms with Crippen LogP contribution in [0.15, 0.2) is 9.08 Å². The first-order valence-corrected chi connectivity index (χ1v) is 4.46. The minimum atomic E-state index is 0.262. The Morgan fingerprint density at radius 2 is 1.92 bits per heavy atom. The zero-order chi connectivity index (χ0) is 9.30. The minimum Gasteiger partial charge on any atom is -0.397 e. The summed E-state index contributed by atoms with van der Waals surface area (Å²) in [6.45, 7) is 0. The molecule has 0 aromatic carbocycles. The molecule has 0 fully saturated rings. The summed E-state index contributed by atoms with van der Waals surface area (Å²) in [5.41, 5.74) is 11.6. The van der Waals surface area contributed by atoms with Gasteiger partial charge in [-0.3, -0.25) is 0 Å². The number of nitriles is 1. The van der Waals surface area contributed by atoms with Crippen LogP contribution < -0.4 is 11.5 Å². The second-order valence-corrected chi connectivity index (χ2v) is 3.55. The third-order valence-corrected chi connectivity index (χ3v) is 2.67. The number of hydrogen-bond donors (Lipinski definition) is 2. The smallest absolute Gasteiger partial charge is 0.141 e. The summed E-state index contributed by atoms with van der Waals surface area (Å²) >= 11 is 6.20. The van der Waals surface area contributed by atoms with Crippen molar-refractivity contribution in [2.75, 3.05) is 11.5 Å². The van der Waals surface area contributed by atoms with Crippen molar-refractivity contribution in [2.24, 2.45) is 0 Å². The van der Waals surface area contributed by atoms with E-state index >= 15 is 0 Å². The average molecular weight is 292 g/mol. The fraction of sp³-hybridized carbons (Fsp3) is 0. The average Bonchev–Trinajstić information content (AvgIpc) is 2.01. The molecule has 6 heteroatoms. The molecule has 1 aromatic heterocycles. The van der Waals surface area contributed by atoms with Crippen molar-refractivity contribution in [3.63, 3.8) is 0 Å². The lowest BCUT2D eigenvalue weighted by Crippen LogP contribution is -2.00. The van der Waals surface area contributed by atoms with Gasteiger partial charge in [0.1, 0.15) is 22.1 Å². The lowest BCUT2D eigenvalue weighted by Gasteiger charge is -2.04. The van der Waals surface area contributed by atoms with E-state index in [9.17, 15) is 0 Å². The van der Waals surface area contributed by atoms with E-state index in [0.717, 1.165) is 0 Å². The Hall–Kier alpha value is -0.800. The van der Waals surface area contributed by atoms with Gasteiger partial charge in [0.05, 0.1) is 10.2 Å². The van der Waals surface area contributed by atoms with Gasteiger partial charge >= 0.3 is 0 Å². The monoisotopic (exact) mass is 290 g/mol. The number of nitrogens with zero attached hydrogens (tertiary/aromatic N) is 2. The van der Waals surface area contributed by atoms with Gasteiger partial charge < -0.3 is 11.5 Å². The lowest BCUT2D eigenvalue weighted by atomic mass is 10.2. The Morgan fingerprint density at radius 1 is 1.33 bits per heavy atom. The molecule has 4 nitrogen and oxygen atoms in total.